The molecule has 0 aliphatic heterocycles. The van der Waals surface area contributed by atoms with Crippen LogP contribution in [0.4, 0.5) is 0 Å². The van der Waals surface area contributed by atoms with Gasteiger partial charge in [-0.05, 0) is 29.5 Å². The summed E-state index contributed by atoms with van der Waals surface area (Å²) in [7, 11) is 0. The van der Waals surface area contributed by atoms with Crippen molar-refractivity contribution >= 4 is 12.2 Å². The van der Waals surface area contributed by atoms with E-state index in [4.69, 9.17) is 0 Å². The first-order chi connectivity index (χ1) is 11.3. The highest BCUT2D eigenvalue weighted by Crippen LogP contribution is 2.13. The van der Waals surface area contributed by atoms with E-state index in [9.17, 15) is 0 Å². The summed E-state index contributed by atoms with van der Waals surface area (Å²) in [6, 6.07) is 18.7. The van der Waals surface area contributed by atoms with Gasteiger partial charge in [-0.1, -0.05) is 112 Å². The Kier molecular flexibility index (Phi) is 9.95. The molecule has 0 amide bonds. The van der Waals surface area contributed by atoms with Crippen LogP contribution in [-0.4, -0.2) is 0 Å². The number of hydrogen-bond donors (Lipinski definition) is 0. The molecule has 0 aliphatic rings. The summed E-state index contributed by atoms with van der Waals surface area (Å²) in [5.41, 5.74) is 3.94. The maximum absolute atomic E-state index is 3.82. The van der Waals surface area contributed by atoms with Crippen molar-refractivity contribution in [2.45, 2.75) is 32.6 Å². The molecule has 0 saturated heterocycles. The van der Waals surface area contributed by atoms with Gasteiger partial charge in [0.05, 0.1) is 0 Å². The fourth-order valence-electron chi connectivity index (χ4n) is 2.27. The summed E-state index contributed by atoms with van der Waals surface area (Å²) < 4.78 is 0. The number of unbranched alkanes of at least 4 members (excludes halogenated alkanes) is 2. The van der Waals surface area contributed by atoms with Crippen LogP contribution in [-0.2, 0) is 6.42 Å². The van der Waals surface area contributed by atoms with E-state index in [0.29, 0.717) is 0 Å². The molecule has 0 heteroatoms. The van der Waals surface area contributed by atoms with Gasteiger partial charge in [0.25, 0.3) is 0 Å². The van der Waals surface area contributed by atoms with Crippen molar-refractivity contribution in [2.75, 3.05) is 0 Å². The van der Waals surface area contributed by atoms with Gasteiger partial charge in [-0.15, -0.1) is 0 Å². The zero-order chi connectivity index (χ0) is 16.8. The average molecular weight is 304 g/mol. The standard InChI is InChI=1S/C13H18.C10H10/c1-3-5-6-10-13-11-8-7-9-12(13)4-2;1-2-3-7-10-8-5-4-6-9-10/h4,7-9,11H,2-3,5-6,10H2,1H3;2-9H,1H2. The molecule has 0 spiro atoms. The number of allylic oxidation sites excluding steroid dienone is 2. The lowest BCUT2D eigenvalue weighted by atomic mass is 10.0. The molecule has 0 nitrogen and oxygen atoms in total. The zero-order valence-electron chi connectivity index (χ0n) is 14.2. The Hall–Kier alpha value is -2.34. The minimum absolute atomic E-state index is 1.19. The van der Waals surface area contributed by atoms with E-state index in [0.717, 1.165) is 0 Å². The van der Waals surface area contributed by atoms with Crippen LogP contribution in [0, 0.1) is 0 Å². The third kappa shape index (κ3) is 8.01. The molecule has 0 unspecified atom stereocenters. The van der Waals surface area contributed by atoms with Crippen LogP contribution in [0.2, 0.25) is 0 Å². The second-order valence-electron chi connectivity index (χ2n) is 5.37. The predicted molar refractivity (Wildman–Crippen MR) is 105 cm³/mol. The number of rotatable bonds is 7. The van der Waals surface area contributed by atoms with Crippen LogP contribution in [0.15, 0.2) is 79.9 Å². The summed E-state index contributed by atoms with van der Waals surface area (Å²) in [6.45, 7) is 9.64. The zero-order valence-corrected chi connectivity index (χ0v) is 14.2. The molecule has 0 aliphatic carbocycles. The minimum atomic E-state index is 1.19. The number of aryl methyl sites for hydroxylation is 1. The molecule has 2 rings (SSSR count). The fraction of sp³-hybridized carbons (Fsp3) is 0.217. The Morgan fingerprint density at radius 2 is 1.57 bits per heavy atom. The monoisotopic (exact) mass is 304 g/mol. The average Bonchev–Trinajstić information content (AvgIpc) is 2.62. The first kappa shape index (κ1) is 18.7. The molecule has 0 N–H and O–H groups in total. The summed E-state index contributed by atoms with van der Waals surface area (Å²) in [5, 5.41) is 0. The van der Waals surface area contributed by atoms with Gasteiger partial charge in [-0.3, -0.25) is 0 Å². The third-order valence-corrected chi connectivity index (χ3v) is 3.55. The van der Waals surface area contributed by atoms with Gasteiger partial charge >= 0.3 is 0 Å². The van der Waals surface area contributed by atoms with E-state index in [-0.39, 0.29) is 0 Å². The highest BCUT2D eigenvalue weighted by molar-refractivity contribution is 5.51. The predicted octanol–water partition coefficient (Wildman–Crippen LogP) is 6.95. The van der Waals surface area contributed by atoms with E-state index >= 15 is 0 Å². The second kappa shape index (κ2) is 12.2. The molecule has 2 aromatic rings. The van der Waals surface area contributed by atoms with Crippen LogP contribution in [0.3, 0.4) is 0 Å². The Labute approximate surface area is 141 Å². The van der Waals surface area contributed by atoms with E-state index in [1.165, 1.54) is 42.4 Å². The van der Waals surface area contributed by atoms with Crippen molar-refractivity contribution in [2.24, 2.45) is 0 Å². The van der Waals surface area contributed by atoms with Crippen molar-refractivity contribution in [3.05, 3.63) is 96.6 Å². The van der Waals surface area contributed by atoms with E-state index in [1.54, 1.807) is 6.08 Å². The molecule has 0 saturated carbocycles. The summed E-state index contributed by atoms with van der Waals surface area (Å²) in [5.74, 6) is 0. The van der Waals surface area contributed by atoms with E-state index in [1.807, 2.05) is 36.4 Å². The normalized spacial score (nSPS) is 9.96. The maximum Gasteiger partial charge on any atom is -0.0230 e. The summed E-state index contributed by atoms with van der Waals surface area (Å²) in [4.78, 5) is 0. The lowest BCUT2D eigenvalue weighted by molar-refractivity contribution is 0.717. The molecular weight excluding hydrogens is 276 g/mol. The molecule has 0 atom stereocenters. The maximum atomic E-state index is 3.82. The highest BCUT2D eigenvalue weighted by atomic mass is 14.0. The van der Waals surface area contributed by atoms with Gasteiger partial charge in [-0.25, -0.2) is 0 Å². The van der Waals surface area contributed by atoms with Crippen molar-refractivity contribution in [1.82, 2.24) is 0 Å². The Morgan fingerprint density at radius 3 is 2.22 bits per heavy atom. The molecule has 0 aromatic heterocycles. The third-order valence-electron chi connectivity index (χ3n) is 3.55. The quantitative estimate of drug-likeness (QED) is 0.383. The van der Waals surface area contributed by atoms with Crippen LogP contribution in [0.1, 0.15) is 42.9 Å². The SMILES string of the molecule is C=CC=Cc1ccccc1.C=Cc1ccccc1CCCCC. The lowest BCUT2D eigenvalue weighted by Crippen LogP contribution is -1.88. The molecule has 0 heterocycles. The van der Waals surface area contributed by atoms with Crippen molar-refractivity contribution < 1.29 is 0 Å². The first-order valence-electron chi connectivity index (χ1n) is 8.36. The Bertz CT molecular complexity index is 590. The van der Waals surface area contributed by atoms with Gasteiger partial charge in [-0.2, -0.15) is 0 Å². The number of hydrogen-bond acceptors (Lipinski definition) is 0. The first-order valence-corrected chi connectivity index (χ1v) is 8.36. The molecule has 120 valence electrons. The minimum Gasteiger partial charge on any atom is -0.0991 e. The van der Waals surface area contributed by atoms with Gasteiger partial charge < -0.3 is 0 Å². The van der Waals surface area contributed by atoms with Crippen LogP contribution in [0.25, 0.3) is 12.2 Å². The smallest absolute Gasteiger partial charge is 0.0230 e. The highest BCUT2D eigenvalue weighted by Gasteiger charge is 1.96. The summed E-state index contributed by atoms with van der Waals surface area (Å²) in [6.07, 6.45) is 12.8. The number of benzene rings is 2. The van der Waals surface area contributed by atoms with Crippen molar-refractivity contribution in [1.29, 1.82) is 0 Å². The van der Waals surface area contributed by atoms with Crippen LogP contribution >= 0.6 is 0 Å². The van der Waals surface area contributed by atoms with Crippen molar-refractivity contribution in [3.63, 3.8) is 0 Å². The van der Waals surface area contributed by atoms with E-state index < -0.39 is 0 Å². The van der Waals surface area contributed by atoms with Crippen LogP contribution < -0.4 is 0 Å². The molecule has 2 aromatic carbocycles. The van der Waals surface area contributed by atoms with Crippen molar-refractivity contribution in [3.8, 4) is 0 Å². The second-order valence-corrected chi connectivity index (χ2v) is 5.37. The van der Waals surface area contributed by atoms with Crippen LogP contribution in [0.5, 0.6) is 0 Å². The van der Waals surface area contributed by atoms with Gasteiger partial charge in [0, 0.05) is 0 Å². The Morgan fingerprint density at radius 1 is 0.870 bits per heavy atom. The Balaban J connectivity index is 0.000000238. The molecule has 0 radical (unpaired) electrons. The molecular formula is C23H28. The molecule has 23 heavy (non-hydrogen) atoms. The topological polar surface area (TPSA) is 0 Å². The van der Waals surface area contributed by atoms with Gasteiger partial charge in [0.2, 0.25) is 0 Å². The fourth-order valence-corrected chi connectivity index (χ4v) is 2.27. The van der Waals surface area contributed by atoms with Gasteiger partial charge in [0.15, 0.2) is 0 Å². The summed E-state index contributed by atoms with van der Waals surface area (Å²) >= 11 is 0. The largest absolute Gasteiger partial charge is 0.0991 e. The van der Waals surface area contributed by atoms with Gasteiger partial charge in [0.1, 0.15) is 0 Å². The molecule has 0 bridgehead atoms. The lowest BCUT2D eigenvalue weighted by Gasteiger charge is -2.04. The van der Waals surface area contributed by atoms with E-state index in [2.05, 4.69) is 56.5 Å². The molecule has 0 fully saturated rings.